The van der Waals surface area contributed by atoms with Crippen LogP contribution in [0, 0.1) is 0 Å². The molecular weight excluding hydrogens is 364 g/mol. The molecule has 0 unspecified atom stereocenters. The van der Waals surface area contributed by atoms with Crippen molar-refractivity contribution in [3.8, 4) is 0 Å². The molecule has 1 heterocycles. The fraction of sp³-hybridized carbons (Fsp3) is 0.333. The van der Waals surface area contributed by atoms with E-state index in [0.717, 1.165) is 5.56 Å². The van der Waals surface area contributed by atoms with Crippen LogP contribution in [-0.2, 0) is 11.3 Å². The Labute approximate surface area is 164 Å². The van der Waals surface area contributed by atoms with Gasteiger partial charge in [0.15, 0.2) is 0 Å². The van der Waals surface area contributed by atoms with Crippen LogP contribution in [0.2, 0.25) is 5.02 Å². The Morgan fingerprint density at radius 3 is 2.48 bits per heavy atom. The highest BCUT2D eigenvalue weighted by molar-refractivity contribution is 6.30. The van der Waals surface area contributed by atoms with Gasteiger partial charge in [-0.1, -0.05) is 48.0 Å². The molecule has 0 spiro atoms. The average Bonchev–Trinajstić information content (AvgIpc) is 2.65. The Hall–Kier alpha value is -2.53. The number of halogens is 1. The molecule has 0 N–H and O–H groups in total. The molecule has 3 rings (SSSR count). The topological polar surface area (TPSA) is 49.9 Å². The van der Waals surface area contributed by atoms with E-state index >= 15 is 0 Å². The van der Waals surface area contributed by atoms with Gasteiger partial charge in [-0.15, -0.1) is 0 Å². The standard InChI is InChI=1S/C21H23ClN2O3/c1-21(2)15-23(19(25)17-9-6-10-18(22)13-17)11-12-24(21)20(26)27-14-16-7-4-3-5-8-16/h3-10,13H,11-12,14-15H2,1-2H3. The molecule has 2 aromatic rings. The van der Waals surface area contributed by atoms with Gasteiger partial charge < -0.3 is 9.64 Å². The van der Waals surface area contributed by atoms with E-state index in [0.29, 0.717) is 30.2 Å². The number of piperazine rings is 1. The minimum atomic E-state index is -0.528. The second-order valence-corrected chi connectivity index (χ2v) is 7.68. The van der Waals surface area contributed by atoms with E-state index in [1.54, 1.807) is 34.1 Å². The van der Waals surface area contributed by atoms with Crippen molar-refractivity contribution in [2.45, 2.75) is 26.0 Å². The van der Waals surface area contributed by atoms with Crippen molar-refractivity contribution in [2.24, 2.45) is 0 Å². The Balaban J connectivity index is 1.63. The number of hydrogen-bond donors (Lipinski definition) is 0. The van der Waals surface area contributed by atoms with Gasteiger partial charge in [-0.2, -0.15) is 0 Å². The van der Waals surface area contributed by atoms with Gasteiger partial charge in [0.25, 0.3) is 5.91 Å². The first kappa shape index (κ1) is 19.2. The lowest BCUT2D eigenvalue weighted by atomic mass is 9.98. The maximum Gasteiger partial charge on any atom is 0.410 e. The summed E-state index contributed by atoms with van der Waals surface area (Å²) in [6.45, 7) is 5.42. The van der Waals surface area contributed by atoms with Crippen molar-refractivity contribution in [1.82, 2.24) is 9.80 Å². The van der Waals surface area contributed by atoms with Gasteiger partial charge >= 0.3 is 6.09 Å². The van der Waals surface area contributed by atoms with Crippen LogP contribution in [0.1, 0.15) is 29.8 Å². The number of carbonyl (C=O) groups is 2. The second kappa shape index (κ2) is 8.01. The van der Waals surface area contributed by atoms with E-state index in [2.05, 4.69) is 0 Å². The third-order valence-electron chi connectivity index (χ3n) is 4.69. The van der Waals surface area contributed by atoms with Crippen molar-refractivity contribution in [3.05, 3.63) is 70.7 Å². The molecule has 27 heavy (non-hydrogen) atoms. The minimum absolute atomic E-state index is 0.0807. The maximum atomic E-state index is 12.8. The van der Waals surface area contributed by atoms with Crippen molar-refractivity contribution in [2.75, 3.05) is 19.6 Å². The predicted molar refractivity (Wildman–Crippen MR) is 105 cm³/mol. The number of ether oxygens (including phenoxy) is 1. The number of rotatable bonds is 3. The van der Waals surface area contributed by atoms with Gasteiger partial charge in [0.05, 0.1) is 5.54 Å². The van der Waals surface area contributed by atoms with E-state index in [9.17, 15) is 9.59 Å². The van der Waals surface area contributed by atoms with Crippen LogP contribution < -0.4 is 0 Å². The number of hydrogen-bond acceptors (Lipinski definition) is 3. The first-order valence-electron chi connectivity index (χ1n) is 8.90. The quantitative estimate of drug-likeness (QED) is 0.793. The monoisotopic (exact) mass is 386 g/mol. The first-order chi connectivity index (χ1) is 12.9. The number of amides is 2. The van der Waals surface area contributed by atoms with E-state index in [1.807, 2.05) is 44.2 Å². The molecule has 0 aromatic heterocycles. The van der Waals surface area contributed by atoms with Gasteiger partial charge in [-0.25, -0.2) is 4.79 Å². The van der Waals surface area contributed by atoms with Gasteiger partial charge in [0, 0.05) is 30.2 Å². The average molecular weight is 387 g/mol. The van der Waals surface area contributed by atoms with Gasteiger partial charge in [0.1, 0.15) is 6.61 Å². The predicted octanol–water partition coefficient (Wildman–Crippen LogP) is 4.21. The highest BCUT2D eigenvalue weighted by Crippen LogP contribution is 2.24. The van der Waals surface area contributed by atoms with E-state index in [-0.39, 0.29) is 18.6 Å². The van der Waals surface area contributed by atoms with Gasteiger partial charge in [0.2, 0.25) is 0 Å². The maximum absolute atomic E-state index is 12.8. The molecule has 0 radical (unpaired) electrons. The molecule has 0 aliphatic carbocycles. The molecule has 2 amide bonds. The van der Waals surface area contributed by atoms with Gasteiger partial charge in [-0.3, -0.25) is 9.69 Å². The molecular formula is C21H23ClN2O3. The zero-order valence-electron chi connectivity index (χ0n) is 15.5. The molecule has 1 fully saturated rings. The lowest BCUT2D eigenvalue weighted by molar-refractivity contribution is 0.00901. The number of nitrogens with zero attached hydrogens (tertiary/aromatic N) is 2. The largest absolute Gasteiger partial charge is 0.445 e. The zero-order chi connectivity index (χ0) is 19.4. The SMILES string of the molecule is CC1(C)CN(C(=O)c2cccc(Cl)c2)CCN1C(=O)OCc1ccccc1. The van der Waals surface area contributed by atoms with Crippen molar-refractivity contribution >= 4 is 23.6 Å². The Bertz CT molecular complexity index is 823. The van der Waals surface area contributed by atoms with Crippen LogP contribution in [-0.4, -0.2) is 47.0 Å². The minimum Gasteiger partial charge on any atom is -0.445 e. The first-order valence-corrected chi connectivity index (χ1v) is 9.28. The number of carbonyl (C=O) groups excluding carboxylic acids is 2. The normalized spacial score (nSPS) is 16.1. The van der Waals surface area contributed by atoms with Crippen LogP contribution in [0.25, 0.3) is 0 Å². The summed E-state index contributed by atoms with van der Waals surface area (Å²) in [5.41, 5.74) is 0.970. The van der Waals surface area contributed by atoms with Crippen molar-refractivity contribution in [1.29, 1.82) is 0 Å². The molecule has 0 saturated carbocycles. The van der Waals surface area contributed by atoms with Crippen molar-refractivity contribution < 1.29 is 14.3 Å². The fourth-order valence-corrected chi connectivity index (χ4v) is 3.46. The molecule has 2 aromatic carbocycles. The van der Waals surface area contributed by atoms with Crippen LogP contribution in [0.3, 0.4) is 0 Å². The third-order valence-corrected chi connectivity index (χ3v) is 4.92. The van der Waals surface area contributed by atoms with Crippen LogP contribution >= 0.6 is 11.6 Å². The summed E-state index contributed by atoms with van der Waals surface area (Å²) in [4.78, 5) is 28.8. The molecule has 0 bridgehead atoms. The molecule has 1 aliphatic heterocycles. The van der Waals surface area contributed by atoms with E-state index in [4.69, 9.17) is 16.3 Å². The molecule has 6 heteroatoms. The molecule has 0 atom stereocenters. The Morgan fingerprint density at radius 1 is 1.07 bits per heavy atom. The highest BCUT2D eigenvalue weighted by Gasteiger charge is 2.39. The smallest absolute Gasteiger partial charge is 0.410 e. The fourth-order valence-electron chi connectivity index (χ4n) is 3.27. The summed E-state index contributed by atoms with van der Waals surface area (Å²) >= 11 is 5.99. The summed E-state index contributed by atoms with van der Waals surface area (Å²) in [6, 6.07) is 16.5. The molecule has 142 valence electrons. The van der Waals surface area contributed by atoms with Crippen molar-refractivity contribution in [3.63, 3.8) is 0 Å². The second-order valence-electron chi connectivity index (χ2n) is 7.24. The Morgan fingerprint density at radius 2 is 1.81 bits per heavy atom. The molecule has 1 saturated heterocycles. The lowest BCUT2D eigenvalue weighted by Gasteiger charge is -2.46. The van der Waals surface area contributed by atoms with E-state index < -0.39 is 5.54 Å². The third kappa shape index (κ3) is 4.61. The van der Waals surface area contributed by atoms with Gasteiger partial charge in [-0.05, 0) is 37.6 Å². The summed E-state index contributed by atoms with van der Waals surface area (Å²) in [7, 11) is 0. The number of benzene rings is 2. The summed E-state index contributed by atoms with van der Waals surface area (Å²) in [5.74, 6) is -0.0807. The highest BCUT2D eigenvalue weighted by atomic mass is 35.5. The van der Waals surface area contributed by atoms with Crippen LogP contribution in [0.15, 0.2) is 54.6 Å². The molecule has 5 nitrogen and oxygen atoms in total. The van der Waals surface area contributed by atoms with Crippen LogP contribution in [0.5, 0.6) is 0 Å². The Kier molecular flexibility index (Phi) is 5.71. The summed E-state index contributed by atoms with van der Waals surface area (Å²) in [5, 5.41) is 0.531. The molecule has 1 aliphatic rings. The summed E-state index contributed by atoms with van der Waals surface area (Å²) < 4.78 is 5.47. The summed E-state index contributed by atoms with van der Waals surface area (Å²) in [6.07, 6.45) is -0.362. The zero-order valence-corrected chi connectivity index (χ0v) is 16.3. The van der Waals surface area contributed by atoms with Crippen LogP contribution in [0.4, 0.5) is 4.79 Å². The lowest BCUT2D eigenvalue weighted by Crippen LogP contribution is -2.62. The van der Waals surface area contributed by atoms with E-state index in [1.165, 1.54) is 0 Å².